The van der Waals surface area contributed by atoms with Gasteiger partial charge in [-0.05, 0) is 12.5 Å². The van der Waals surface area contributed by atoms with Crippen LogP contribution in [0.2, 0.25) is 0 Å². The number of nitrogens with one attached hydrogen (secondary N) is 2. The van der Waals surface area contributed by atoms with Crippen molar-refractivity contribution < 1.29 is 4.79 Å². The molecule has 0 atom stereocenters. The molecule has 1 aromatic carbocycles. The zero-order valence-electron chi connectivity index (χ0n) is 8.66. The molecule has 1 amide bonds. The summed E-state index contributed by atoms with van der Waals surface area (Å²) in [6.07, 6.45) is 1.65. The van der Waals surface area contributed by atoms with Crippen LogP contribution >= 0.6 is 0 Å². The van der Waals surface area contributed by atoms with Gasteiger partial charge in [-0.15, -0.1) is 0 Å². The van der Waals surface area contributed by atoms with Crippen molar-refractivity contribution in [3.05, 3.63) is 47.7 Å². The fraction of sp³-hybridized carbons (Fsp3) is 0.182. The zero-order chi connectivity index (χ0) is 11.1. The molecular formula is C11H15N3O. The monoisotopic (exact) mass is 205 g/mol. The molecule has 1 aromatic rings. The zero-order valence-corrected chi connectivity index (χ0v) is 8.66. The maximum Gasteiger partial charge on any atom is 0.262 e. The fourth-order valence-corrected chi connectivity index (χ4v) is 1.10. The molecule has 80 valence electrons. The Balaban J connectivity index is 2.42. The Bertz CT molecular complexity index is 346. The van der Waals surface area contributed by atoms with Crippen molar-refractivity contribution in [1.82, 2.24) is 10.7 Å². The molecule has 0 heterocycles. The number of rotatable bonds is 4. The number of benzene rings is 1. The summed E-state index contributed by atoms with van der Waals surface area (Å²) in [7, 11) is 0. The summed E-state index contributed by atoms with van der Waals surface area (Å²) >= 11 is 0. The summed E-state index contributed by atoms with van der Waals surface area (Å²) in [5.41, 5.74) is 3.78. The van der Waals surface area contributed by atoms with Crippen molar-refractivity contribution in [2.45, 2.75) is 13.5 Å². The van der Waals surface area contributed by atoms with E-state index in [1.54, 1.807) is 13.1 Å². The molecule has 0 saturated heterocycles. The van der Waals surface area contributed by atoms with Crippen molar-refractivity contribution >= 4 is 5.91 Å². The highest BCUT2D eigenvalue weighted by Crippen LogP contribution is 1.97. The third kappa shape index (κ3) is 3.83. The van der Waals surface area contributed by atoms with E-state index in [1.807, 2.05) is 30.3 Å². The molecule has 0 fully saturated rings. The Morgan fingerprint density at radius 1 is 1.40 bits per heavy atom. The number of carbonyl (C=O) groups excluding carboxylic acids is 1. The second-order valence-electron chi connectivity index (χ2n) is 3.17. The largest absolute Gasteiger partial charge is 0.386 e. The standard InChI is InChI=1S/C11H15N3O/c1-9(11(15)14-12)7-13-8-10-5-3-2-4-6-10/h2-7,13H,8,12H2,1H3,(H,14,15)/b9-7-. The van der Waals surface area contributed by atoms with Crippen molar-refractivity contribution in [3.8, 4) is 0 Å². The van der Waals surface area contributed by atoms with E-state index in [1.165, 1.54) is 0 Å². The van der Waals surface area contributed by atoms with Crippen LogP contribution in [0, 0.1) is 0 Å². The van der Waals surface area contributed by atoms with Gasteiger partial charge in [0.25, 0.3) is 5.91 Å². The average Bonchev–Trinajstić information content (AvgIpc) is 2.29. The molecule has 15 heavy (non-hydrogen) atoms. The highest BCUT2D eigenvalue weighted by Gasteiger charge is 1.99. The summed E-state index contributed by atoms with van der Waals surface area (Å²) < 4.78 is 0. The van der Waals surface area contributed by atoms with Gasteiger partial charge in [-0.3, -0.25) is 10.2 Å². The van der Waals surface area contributed by atoms with Crippen molar-refractivity contribution in [3.63, 3.8) is 0 Å². The third-order valence-corrected chi connectivity index (χ3v) is 1.96. The number of hydrazine groups is 1. The average molecular weight is 205 g/mol. The van der Waals surface area contributed by atoms with E-state index >= 15 is 0 Å². The molecule has 0 saturated carbocycles. The molecule has 0 bridgehead atoms. The molecule has 0 aliphatic heterocycles. The second-order valence-corrected chi connectivity index (χ2v) is 3.17. The lowest BCUT2D eigenvalue weighted by Gasteiger charge is -2.03. The van der Waals surface area contributed by atoms with Crippen LogP contribution in [0.1, 0.15) is 12.5 Å². The summed E-state index contributed by atoms with van der Waals surface area (Å²) in [5, 5.41) is 3.04. The third-order valence-electron chi connectivity index (χ3n) is 1.96. The first-order chi connectivity index (χ1) is 7.24. The first kappa shape index (κ1) is 11.3. The highest BCUT2D eigenvalue weighted by atomic mass is 16.2. The molecular weight excluding hydrogens is 190 g/mol. The van der Waals surface area contributed by atoms with Gasteiger partial charge >= 0.3 is 0 Å². The van der Waals surface area contributed by atoms with Gasteiger partial charge < -0.3 is 5.32 Å². The smallest absolute Gasteiger partial charge is 0.262 e. The lowest BCUT2D eigenvalue weighted by atomic mass is 10.2. The summed E-state index contributed by atoms with van der Waals surface area (Å²) in [5.74, 6) is 4.71. The van der Waals surface area contributed by atoms with E-state index < -0.39 is 0 Å². The molecule has 0 aromatic heterocycles. The van der Waals surface area contributed by atoms with Gasteiger partial charge in [-0.25, -0.2) is 5.84 Å². The normalized spacial score (nSPS) is 10.9. The highest BCUT2D eigenvalue weighted by molar-refractivity contribution is 5.92. The maximum absolute atomic E-state index is 11.0. The topological polar surface area (TPSA) is 67.2 Å². The van der Waals surface area contributed by atoms with Crippen LogP contribution in [0.3, 0.4) is 0 Å². The van der Waals surface area contributed by atoms with Gasteiger partial charge in [0.2, 0.25) is 0 Å². The van der Waals surface area contributed by atoms with Crippen LogP contribution in [0.25, 0.3) is 0 Å². The van der Waals surface area contributed by atoms with Crippen LogP contribution in [0.5, 0.6) is 0 Å². The molecule has 4 heteroatoms. The first-order valence-electron chi connectivity index (χ1n) is 4.69. The number of hydrogen-bond donors (Lipinski definition) is 3. The van der Waals surface area contributed by atoms with E-state index in [4.69, 9.17) is 5.84 Å². The minimum absolute atomic E-state index is 0.282. The Morgan fingerprint density at radius 2 is 2.07 bits per heavy atom. The van der Waals surface area contributed by atoms with E-state index in [9.17, 15) is 4.79 Å². The van der Waals surface area contributed by atoms with Gasteiger partial charge in [0, 0.05) is 18.3 Å². The van der Waals surface area contributed by atoms with Crippen molar-refractivity contribution in [1.29, 1.82) is 0 Å². The first-order valence-corrected chi connectivity index (χ1v) is 4.69. The lowest BCUT2D eigenvalue weighted by Crippen LogP contribution is -2.31. The van der Waals surface area contributed by atoms with Crippen molar-refractivity contribution in [2.75, 3.05) is 0 Å². The number of hydrogen-bond acceptors (Lipinski definition) is 3. The quantitative estimate of drug-likeness (QED) is 0.293. The minimum atomic E-state index is -0.282. The van der Waals surface area contributed by atoms with Gasteiger partial charge in [-0.2, -0.15) is 0 Å². The van der Waals surface area contributed by atoms with Crippen LogP contribution < -0.4 is 16.6 Å². The summed E-state index contributed by atoms with van der Waals surface area (Å²) in [4.78, 5) is 11.0. The SMILES string of the molecule is C/C(=C/NCc1ccccc1)C(=O)NN. The van der Waals surface area contributed by atoms with Gasteiger partial charge in [0.05, 0.1) is 0 Å². The minimum Gasteiger partial charge on any atom is -0.386 e. The molecule has 0 unspecified atom stereocenters. The van der Waals surface area contributed by atoms with E-state index in [-0.39, 0.29) is 5.91 Å². The molecule has 0 radical (unpaired) electrons. The van der Waals surface area contributed by atoms with Crippen LogP contribution in [0.15, 0.2) is 42.1 Å². The Labute approximate surface area is 89.1 Å². The predicted octanol–water partition coefficient (Wildman–Crippen LogP) is 0.670. The molecule has 0 aliphatic rings. The van der Waals surface area contributed by atoms with Crippen LogP contribution in [0.4, 0.5) is 0 Å². The Morgan fingerprint density at radius 3 is 2.67 bits per heavy atom. The maximum atomic E-state index is 11.0. The van der Waals surface area contributed by atoms with E-state index in [2.05, 4.69) is 10.7 Å². The number of amides is 1. The Hall–Kier alpha value is -1.81. The fourth-order valence-electron chi connectivity index (χ4n) is 1.10. The van der Waals surface area contributed by atoms with E-state index in [0.29, 0.717) is 12.1 Å². The number of carbonyl (C=O) groups is 1. The van der Waals surface area contributed by atoms with Crippen LogP contribution in [-0.4, -0.2) is 5.91 Å². The Kier molecular flexibility index (Phi) is 4.37. The lowest BCUT2D eigenvalue weighted by molar-refractivity contribution is -0.117. The molecule has 4 nitrogen and oxygen atoms in total. The van der Waals surface area contributed by atoms with Crippen LogP contribution in [-0.2, 0) is 11.3 Å². The van der Waals surface area contributed by atoms with Crippen molar-refractivity contribution in [2.24, 2.45) is 5.84 Å². The molecule has 0 spiro atoms. The van der Waals surface area contributed by atoms with Gasteiger partial charge in [0.1, 0.15) is 0 Å². The summed E-state index contributed by atoms with van der Waals surface area (Å²) in [6, 6.07) is 9.94. The number of nitrogens with two attached hydrogens (primary N) is 1. The molecule has 0 aliphatic carbocycles. The van der Waals surface area contributed by atoms with Gasteiger partial charge in [-0.1, -0.05) is 30.3 Å². The second kappa shape index (κ2) is 5.82. The predicted molar refractivity (Wildman–Crippen MR) is 59.4 cm³/mol. The molecule has 4 N–H and O–H groups in total. The molecule has 1 rings (SSSR count). The van der Waals surface area contributed by atoms with E-state index in [0.717, 1.165) is 5.56 Å². The van der Waals surface area contributed by atoms with Gasteiger partial charge in [0.15, 0.2) is 0 Å². The summed E-state index contributed by atoms with van der Waals surface area (Å²) in [6.45, 7) is 2.39.